The van der Waals surface area contributed by atoms with Gasteiger partial charge in [0.05, 0.1) is 24.0 Å². The number of anilines is 1. The zero-order valence-corrected chi connectivity index (χ0v) is 14.8. The van der Waals surface area contributed by atoms with E-state index in [2.05, 4.69) is 9.97 Å². The van der Waals surface area contributed by atoms with Crippen LogP contribution in [0, 0.1) is 11.6 Å². The number of rotatable bonds is 6. The molecule has 152 valence electrons. The molecule has 0 bridgehead atoms. The Bertz CT molecular complexity index is 1050. The number of imidazole rings is 1. The molecule has 1 aliphatic heterocycles. The molecule has 1 aliphatic rings. The number of β-lactam (4-membered cyclic amide) rings is 1. The number of hydrogen-bond acceptors (Lipinski definition) is 4. The minimum absolute atomic E-state index is 0.255. The van der Waals surface area contributed by atoms with E-state index in [9.17, 15) is 27.5 Å². The molecule has 1 saturated heterocycles. The normalized spacial score (nSPS) is 19.1. The number of amides is 1. The average molecular weight is 409 g/mol. The maximum absolute atomic E-state index is 14.6. The number of ether oxygens (including phenoxy) is 1. The summed E-state index contributed by atoms with van der Waals surface area (Å²) in [6, 6.07) is 5.17. The molecular weight excluding hydrogens is 394 g/mol. The van der Waals surface area contributed by atoms with Gasteiger partial charge in [-0.3, -0.25) is 9.69 Å². The maximum Gasteiger partial charge on any atom is 0.259 e. The third kappa shape index (κ3) is 3.39. The zero-order valence-electron chi connectivity index (χ0n) is 14.8. The van der Waals surface area contributed by atoms with Crippen LogP contribution in [-0.4, -0.2) is 40.1 Å². The van der Waals surface area contributed by atoms with Gasteiger partial charge in [0, 0.05) is 29.8 Å². The molecule has 1 amide bonds. The van der Waals surface area contributed by atoms with Gasteiger partial charge in [0.15, 0.2) is 6.10 Å². The van der Waals surface area contributed by atoms with Crippen molar-refractivity contribution in [3.05, 3.63) is 53.9 Å². The summed E-state index contributed by atoms with van der Waals surface area (Å²) >= 11 is 0. The molecule has 2 heterocycles. The quantitative estimate of drug-likeness (QED) is 0.484. The highest BCUT2D eigenvalue weighted by Gasteiger charge is 2.50. The number of alkyl halides is 2. The molecule has 3 aromatic rings. The van der Waals surface area contributed by atoms with Gasteiger partial charge in [0.1, 0.15) is 23.4 Å². The molecule has 1 fully saturated rings. The van der Waals surface area contributed by atoms with Crippen LogP contribution in [0.3, 0.4) is 0 Å². The smallest absolute Gasteiger partial charge is 0.259 e. The zero-order chi connectivity index (χ0) is 20.7. The predicted molar refractivity (Wildman–Crippen MR) is 94.8 cm³/mol. The Morgan fingerprint density at radius 1 is 1.21 bits per heavy atom. The predicted octanol–water partition coefficient (Wildman–Crippen LogP) is 3.32. The Balaban J connectivity index is 1.64. The average Bonchev–Trinajstić information content (AvgIpc) is 3.14. The summed E-state index contributed by atoms with van der Waals surface area (Å²) < 4.78 is 58.6. The molecule has 0 saturated carbocycles. The van der Waals surface area contributed by atoms with Gasteiger partial charge in [0.2, 0.25) is 6.43 Å². The van der Waals surface area contributed by atoms with E-state index in [1.54, 1.807) is 18.2 Å². The standard InChI is InChI=1S/C19H15F4N3O3/c20-11-6-10(29-4-3-15(22)23)7-12(21)16(11)17-18(27)19(28)26(17)9-1-2-13-14(5-9)25-8-24-13/h1-2,5-8,15,17-18,27H,3-4H2,(H,24,25)/t17?,18-/m1/s1. The topological polar surface area (TPSA) is 78.5 Å². The lowest BCUT2D eigenvalue weighted by atomic mass is 9.89. The number of nitrogens with zero attached hydrogens (tertiary/aromatic N) is 2. The van der Waals surface area contributed by atoms with E-state index in [4.69, 9.17) is 4.74 Å². The van der Waals surface area contributed by atoms with Crippen LogP contribution in [0.15, 0.2) is 36.7 Å². The fraction of sp³-hybridized carbons (Fsp3) is 0.263. The second kappa shape index (κ2) is 7.36. The van der Waals surface area contributed by atoms with E-state index in [-0.39, 0.29) is 5.75 Å². The van der Waals surface area contributed by atoms with Crippen LogP contribution in [0.4, 0.5) is 23.2 Å². The Morgan fingerprint density at radius 3 is 2.62 bits per heavy atom. The van der Waals surface area contributed by atoms with Gasteiger partial charge in [0.25, 0.3) is 5.91 Å². The number of aromatic amines is 1. The van der Waals surface area contributed by atoms with Crippen LogP contribution in [0.5, 0.6) is 5.75 Å². The second-order valence-electron chi connectivity index (χ2n) is 6.53. The van der Waals surface area contributed by atoms with E-state index >= 15 is 0 Å². The lowest BCUT2D eigenvalue weighted by Gasteiger charge is -2.44. The van der Waals surface area contributed by atoms with Gasteiger partial charge in [-0.25, -0.2) is 22.5 Å². The summed E-state index contributed by atoms with van der Waals surface area (Å²) in [5, 5.41) is 10.1. The van der Waals surface area contributed by atoms with Gasteiger partial charge in [-0.1, -0.05) is 0 Å². The van der Waals surface area contributed by atoms with Gasteiger partial charge >= 0.3 is 0 Å². The fourth-order valence-corrected chi connectivity index (χ4v) is 3.31. The van der Waals surface area contributed by atoms with Crippen molar-refractivity contribution in [2.75, 3.05) is 11.5 Å². The Morgan fingerprint density at radius 2 is 1.93 bits per heavy atom. The maximum atomic E-state index is 14.6. The fourth-order valence-electron chi connectivity index (χ4n) is 3.31. The molecule has 1 aromatic heterocycles. The van der Waals surface area contributed by atoms with Gasteiger partial charge in [-0.15, -0.1) is 0 Å². The highest BCUT2D eigenvalue weighted by Crippen LogP contribution is 2.42. The van der Waals surface area contributed by atoms with Crippen molar-refractivity contribution >= 4 is 22.6 Å². The Labute approximate surface area is 161 Å². The number of nitrogens with one attached hydrogen (secondary N) is 1. The number of carbonyl (C=O) groups excluding carboxylic acids is 1. The summed E-state index contributed by atoms with van der Waals surface area (Å²) in [5.74, 6) is -3.07. The van der Waals surface area contributed by atoms with Crippen molar-refractivity contribution in [3.8, 4) is 5.75 Å². The molecule has 2 atom stereocenters. The third-order valence-electron chi connectivity index (χ3n) is 4.70. The van der Waals surface area contributed by atoms with Crippen molar-refractivity contribution in [1.29, 1.82) is 0 Å². The molecule has 6 nitrogen and oxygen atoms in total. The van der Waals surface area contributed by atoms with E-state index < -0.39 is 54.7 Å². The minimum Gasteiger partial charge on any atom is -0.493 e. The molecule has 10 heteroatoms. The van der Waals surface area contributed by atoms with Crippen molar-refractivity contribution in [2.24, 2.45) is 0 Å². The van der Waals surface area contributed by atoms with Crippen LogP contribution < -0.4 is 9.64 Å². The summed E-state index contributed by atoms with van der Waals surface area (Å²) in [6.07, 6.45) is -3.34. The minimum atomic E-state index is -2.60. The number of aliphatic hydroxyl groups is 1. The summed E-state index contributed by atoms with van der Waals surface area (Å²) in [7, 11) is 0. The Hall–Kier alpha value is -3.14. The van der Waals surface area contributed by atoms with Gasteiger partial charge in [-0.05, 0) is 18.2 Å². The van der Waals surface area contributed by atoms with E-state index in [1.807, 2.05) is 0 Å². The van der Waals surface area contributed by atoms with Crippen LogP contribution in [0.2, 0.25) is 0 Å². The largest absolute Gasteiger partial charge is 0.493 e. The van der Waals surface area contributed by atoms with Crippen molar-refractivity contribution in [2.45, 2.75) is 25.0 Å². The number of fused-ring (bicyclic) bond motifs is 1. The van der Waals surface area contributed by atoms with Crippen molar-refractivity contribution in [1.82, 2.24) is 9.97 Å². The molecule has 0 aliphatic carbocycles. The number of benzene rings is 2. The van der Waals surface area contributed by atoms with Gasteiger partial charge < -0.3 is 14.8 Å². The summed E-state index contributed by atoms with van der Waals surface area (Å²) in [5.41, 5.74) is 1.07. The molecule has 4 rings (SSSR count). The van der Waals surface area contributed by atoms with Crippen LogP contribution in [0.25, 0.3) is 11.0 Å². The van der Waals surface area contributed by atoms with E-state index in [1.165, 1.54) is 6.33 Å². The molecule has 2 aromatic carbocycles. The first-order valence-corrected chi connectivity index (χ1v) is 8.71. The SMILES string of the molecule is O=C1[C@H](O)C(c2c(F)cc(OCCC(F)F)cc2F)N1c1ccc2nc[nH]c2c1. The third-order valence-corrected chi connectivity index (χ3v) is 4.70. The number of aliphatic hydroxyl groups excluding tert-OH is 1. The summed E-state index contributed by atoms with van der Waals surface area (Å²) in [4.78, 5) is 20.2. The number of halogens is 4. The number of aromatic nitrogens is 2. The number of hydrogen-bond donors (Lipinski definition) is 2. The highest BCUT2D eigenvalue weighted by molar-refractivity contribution is 6.05. The second-order valence-corrected chi connectivity index (χ2v) is 6.53. The molecule has 0 spiro atoms. The number of H-pyrrole nitrogens is 1. The first-order chi connectivity index (χ1) is 13.9. The molecular formula is C19H15F4N3O3. The monoisotopic (exact) mass is 409 g/mol. The number of carbonyl (C=O) groups is 1. The molecule has 29 heavy (non-hydrogen) atoms. The Kier molecular flexibility index (Phi) is 4.87. The molecule has 1 unspecified atom stereocenters. The molecule has 2 N–H and O–H groups in total. The van der Waals surface area contributed by atoms with E-state index in [0.717, 1.165) is 17.0 Å². The van der Waals surface area contributed by atoms with Crippen molar-refractivity contribution in [3.63, 3.8) is 0 Å². The summed E-state index contributed by atoms with van der Waals surface area (Å²) in [6.45, 7) is -0.406. The van der Waals surface area contributed by atoms with Crippen molar-refractivity contribution < 1.29 is 32.2 Å². The van der Waals surface area contributed by atoms with Crippen LogP contribution >= 0.6 is 0 Å². The first kappa shape index (κ1) is 19.2. The van der Waals surface area contributed by atoms with E-state index in [0.29, 0.717) is 16.7 Å². The first-order valence-electron chi connectivity index (χ1n) is 8.71. The molecule has 0 radical (unpaired) electrons. The van der Waals surface area contributed by atoms with Crippen LogP contribution in [-0.2, 0) is 4.79 Å². The van der Waals surface area contributed by atoms with Crippen LogP contribution in [0.1, 0.15) is 18.0 Å². The lowest BCUT2D eigenvalue weighted by Crippen LogP contribution is -2.59. The highest BCUT2D eigenvalue weighted by atomic mass is 19.3. The lowest BCUT2D eigenvalue weighted by molar-refractivity contribution is -0.137. The van der Waals surface area contributed by atoms with Gasteiger partial charge in [-0.2, -0.15) is 0 Å².